The van der Waals surface area contributed by atoms with Crippen molar-refractivity contribution in [1.29, 1.82) is 0 Å². The minimum Gasteiger partial charge on any atom is -0.493 e. The van der Waals surface area contributed by atoms with Gasteiger partial charge in [-0.1, -0.05) is 6.07 Å². The van der Waals surface area contributed by atoms with E-state index >= 15 is 0 Å². The van der Waals surface area contributed by atoms with Crippen LogP contribution in [0.15, 0.2) is 36.5 Å². The molecule has 9 heteroatoms. The van der Waals surface area contributed by atoms with Crippen LogP contribution in [-0.4, -0.2) is 56.8 Å². The summed E-state index contributed by atoms with van der Waals surface area (Å²) in [4.78, 5) is 2.21. The van der Waals surface area contributed by atoms with E-state index in [4.69, 9.17) is 18.9 Å². The molecule has 0 saturated heterocycles. The van der Waals surface area contributed by atoms with Gasteiger partial charge in [0.05, 0.1) is 34.5 Å². The molecule has 0 radical (unpaired) electrons. The van der Waals surface area contributed by atoms with Gasteiger partial charge in [-0.25, -0.2) is 0 Å². The van der Waals surface area contributed by atoms with E-state index in [1.165, 1.54) is 11.1 Å². The van der Waals surface area contributed by atoms with Gasteiger partial charge in [-0.05, 0) is 59.7 Å². The molecule has 8 nitrogen and oxygen atoms in total. The van der Waals surface area contributed by atoms with Gasteiger partial charge in [0.1, 0.15) is 0 Å². The second-order valence-electron chi connectivity index (χ2n) is 6.23. The van der Waals surface area contributed by atoms with Crippen LogP contribution in [0, 0.1) is 0 Å². The normalized spacial score (nSPS) is 13.4. The zero-order valence-corrected chi connectivity index (χ0v) is 19.5. The Bertz CT molecular complexity index is 829. The summed E-state index contributed by atoms with van der Waals surface area (Å²) in [6, 6.07) is 10.3. The molecular formula is C21H32BrNO7. The molecule has 1 aliphatic heterocycles. The minimum atomic E-state index is 0. The SMILES string of the molecule is Br.COc1ccc(CC2c3cc(OC)c(OC)cc3C=CN2C)cc1OC.O.O.O. The standard InChI is InChI=1S/C21H25NO4.BrH.3H2O/c1-22-9-8-15-12-20(25-4)21(26-5)13-16(15)17(22)10-14-6-7-18(23-2)19(11-14)24-3;;;;/h6-9,11-13,17H,10H2,1-5H3;1H;3*1H2. The first-order valence-corrected chi connectivity index (χ1v) is 8.48. The molecule has 170 valence electrons. The fourth-order valence-corrected chi connectivity index (χ4v) is 3.35. The van der Waals surface area contributed by atoms with E-state index in [9.17, 15) is 0 Å². The van der Waals surface area contributed by atoms with Gasteiger partial charge in [0.15, 0.2) is 23.0 Å². The van der Waals surface area contributed by atoms with Gasteiger partial charge in [0.2, 0.25) is 0 Å². The monoisotopic (exact) mass is 489 g/mol. The van der Waals surface area contributed by atoms with Gasteiger partial charge in [-0.3, -0.25) is 0 Å². The summed E-state index contributed by atoms with van der Waals surface area (Å²) >= 11 is 0. The van der Waals surface area contributed by atoms with Gasteiger partial charge in [0.25, 0.3) is 0 Å². The molecule has 2 aromatic carbocycles. The van der Waals surface area contributed by atoms with E-state index in [2.05, 4.69) is 36.4 Å². The number of methoxy groups -OCH3 is 4. The van der Waals surface area contributed by atoms with Crippen molar-refractivity contribution in [2.75, 3.05) is 35.5 Å². The van der Waals surface area contributed by atoms with Crippen molar-refractivity contribution in [2.24, 2.45) is 0 Å². The van der Waals surface area contributed by atoms with Crippen LogP contribution in [0.4, 0.5) is 0 Å². The van der Waals surface area contributed by atoms with Crippen LogP contribution in [0.25, 0.3) is 6.08 Å². The second kappa shape index (κ2) is 13.0. The van der Waals surface area contributed by atoms with Gasteiger partial charge < -0.3 is 40.3 Å². The fraction of sp³-hybridized carbons (Fsp3) is 0.333. The molecule has 0 bridgehead atoms. The first kappa shape index (κ1) is 29.7. The summed E-state index contributed by atoms with van der Waals surface area (Å²) in [5.41, 5.74) is 3.53. The predicted octanol–water partition coefficient (Wildman–Crippen LogP) is 2.02. The lowest BCUT2D eigenvalue weighted by Crippen LogP contribution is -2.24. The number of rotatable bonds is 6. The largest absolute Gasteiger partial charge is 0.493 e. The first-order valence-electron chi connectivity index (χ1n) is 8.48. The van der Waals surface area contributed by atoms with Crippen molar-refractivity contribution in [3.63, 3.8) is 0 Å². The zero-order valence-electron chi connectivity index (χ0n) is 17.8. The lowest BCUT2D eigenvalue weighted by Gasteiger charge is -2.32. The molecule has 1 aliphatic rings. The third-order valence-electron chi connectivity index (χ3n) is 4.81. The number of fused-ring (bicyclic) bond motifs is 1. The lowest BCUT2D eigenvalue weighted by molar-refractivity contribution is 0.323. The molecule has 3 rings (SSSR count). The maximum atomic E-state index is 5.50. The second-order valence-corrected chi connectivity index (χ2v) is 6.23. The molecule has 0 aromatic heterocycles. The van der Waals surface area contributed by atoms with E-state index in [0.717, 1.165) is 35.0 Å². The van der Waals surface area contributed by atoms with E-state index in [0.29, 0.717) is 0 Å². The molecule has 2 aromatic rings. The average molecular weight is 490 g/mol. The maximum absolute atomic E-state index is 5.50. The molecule has 0 amide bonds. The summed E-state index contributed by atoms with van der Waals surface area (Å²) in [5.74, 6) is 2.96. The number of ether oxygens (including phenoxy) is 4. The molecule has 0 fully saturated rings. The highest BCUT2D eigenvalue weighted by atomic mass is 79.9. The molecule has 6 N–H and O–H groups in total. The Balaban J connectivity index is 0. The van der Waals surface area contributed by atoms with Crippen molar-refractivity contribution in [1.82, 2.24) is 4.90 Å². The number of likely N-dealkylation sites (N-methyl/N-ethyl adjacent to an activating group) is 1. The van der Waals surface area contributed by atoms with Crippen molar-refractivity contribution < 1.29 is 35.4 Å². The highest BCUT2D eigenvalue weighted by molar-refractivity contribution is 8.93. The maximum Gasteiger partial charge on any atom is 0.161 e. The van der Waals surface area contributed by atoms with Crippen molar-refractivity contribution in [3.05, 3.63) is 53.2 Å². The zero-order chi connectivity index (χ0) is 18.7. The van der Waals surface area contributed by atoms with Crippen molar-refractivity contribution in [3.8, 4) is 23.0 Å². The van der Waals surface area contributed by atoms with Gasteiger partial charge in [-0.15, -0.1) is 17.0 Å². The Hall–Kier alpha value is -2.46. The predicted molar refractivity (Wildman–Crippen MR) is 123 cm³/mol. The van der Waals surface area contributed by atoms with Crippen LogP contribution >= 0.6 is 17.0 Å². The molecule has 1 atom stereocenters. The van der Waals surface area contributed by atoms with E-state index in [1.807, 2.05) is 18.2 Å². The quantitative estimate of drug-likeness (QED) is 0.611. The molecule has 0 aliphatic carbocycles. The molecule has 1 heterocycles. The van der Waals surface area contributed by atoms with E-state index in [1.54, 1.807) is 28.4 Å². The highest BCUT2D eigenvalue weighted by Crippen LogP contribution is 2.40. The first-order chi connectivity index (χ1) is 12.6. The van der Waals surface area contributed by atoms with Crippen LogP contribution in [0.5, 0.6) is 23.0 Å². The van der Waals surface area contributed by atoms with E-state index in [-0.39, 0.29) is 39.5 Å². The van der Waals surface area contributed by atoms with Crippen molar-refractivity contribution >= 4 is 23.1 Å². The van der Waals surface area contributed by atoms with Crippen LogP contribution in [0.1, 0.15) is 22.7 Å². The Labute approximate surface area is 187 Å². The molecule has 0 saturated carbocycles. The molecule has 0 spiro atoms. The van der Waals surface area contributed by atoms with Crippen LogP contribution in [-0.2, 0) is 6.42 Å². The van der Waals surface area contributed by atoms with Crippen LogP contribution < -0.4 is 18.9 Å². The average Bonchev–Trinajstić information content (AvgIpc) is 2.68. The van der Waals surface area contributed by atoms with Gasteiger partial charge in [-0.2, -0.15) is 0 Å². The summed E-state index contributed by atoms with van der Waals surface area (Å²) in [6.45, 7) is 0. The fourth-order valence-electron chi connectivity index (χ4n) is 3.35. The smallest absolute Gasteiger partial charge is 0.161 e. The van der Waals surface area contributed by atoms with E-state index < -0.39 is 0 Å². The van der Waals surface area contributed by atoms with Crippen molar-refractivity contribution in [2.45, 2.75) is 12.5 Å². The Morgan fingerprint density at radius 2 is 1.30 bits per heavy atom. The van der Waals surface area contributed by atoms with Crippen LogP contribution in [0.3, 0.4) is 0 Å². The summed E-state index contributed by atoms with van der Waals surface area (Å²) < 4.78 is 21.7. The van der Waals surface area contributed by atoms with Gasteiger partial charge in [0, 0.05) is 7.05 Å². The summed E-state index contributed by atoms with van der Waals surface area (Å²) in [6.07, 6.45) is 5.03. The molecule has 30 heavy (non-hydrogen) atoms. The number of nitrogens with zero attached hydrogens (tertiary/aromatic N) is 1. The number of hydrogen-bond acceptors (Lipinski definition) is 5. The number of hydrogen-bond donors (Lipinski definition) is 0. The summed E-state index contributed by atoms with van der Waals surface area (Å²) in [7, 11) is 8.71. The molecular weight excluding hydrogens is 458 g/mol. The third-order valence-corrected chi connectivity index (χ3v) is 4.81. The Kier molecular flexibility index (Phi) is 12.9. The molecule has 1 unspecified atom stereocenters. The third kappa shape index (κ3) is 5.79. The number of halogens is 1. The lowest BCUT2D eigenvalue weighted by atomic mass is 9.91. The van der Waals surface area contributed by atoms with Crippen LogP contribution in [0.2, 0.25) is 0 Å². The minimum absolute atomic E-state index is 0. The Morgan fingerprint density at radius 1 is 0.767 bits per heavy atom. The summed E-state index contributed by atoms with van der Waals surface area (Å²) in [5, 5.41) is 0. The number of benzene rings is 2. The Morgan fingerprint density at radius 3 is 1.87 bits per heavy atom. The van der Waals surface area contributed by atoms with Gasteiger partial charge >= 0.3 is 0 Å². The topological polar surface area (TPSA) is 135 Å². The highest BCUT2D eigenvalue weighted by Gasteiger charge is 2.24.